The van der Waals surface area contributed by atoms with Gasteiger partial charge in [0.15, 0.2) is 0 Å². The molecule has 1 N–H and O–H groups in total. The molecule has 0 spiro atoms. The highest BCUT2D eigenvalue weighted by Crippen LogP contribution is 2.30. The number of benzene rings is 2. The van der Waals surface area contributed by atoms with Crippen molar-refractivity contribution < 1.29 is 9.52 Å². The Bertz CT molecular complexity index is 1020. The summed E-state index contributed by atoms with van der Waals surface area (Å²) in [5, 5.41) is 21.0. The average molecular weight is 360 g/mol. The molecule has 0 amide bonds. The zero-order valence-electron chi connectivity index (χ0n) is 12.3. The van der Waals surface area contributed by atoms with Crippen LogP contribution in [0.1, 0.15) is 22.8 Å². The Labute approximate surface area is 147 Å². The van der Waals surface area contributed by atoms with Crippen LogP contribution in [-0.2, 0) is 6.42 Å². The van der Waals surface area contributed by atoms with E-state index in [9.17, 15) is 9.90 Å². The number of fused-ring (bicyclic) bond motifs is 1. The molecule has 3 rings (SSSR count). The molecule has 0 bridgehead atoms. The minimum absolute atomic E-state index is 0.151. The minimum Gasteiger partial charge on any atom is -0.423 e. The molecule has 1 atom stereocenters. The molecular formula is C18H11Cl2NO3. The summed E-state index contributed by atoms with van der Waals surface area (Å²) in [5.41, 5.74) is 1.38. The summed E-state index contributed by atoms with van der Waals surface area (Å²) in [6, 6.07) is 13.0. The fourth-order valence-electron chi connectivity index (χ4n) is 2.56. The van der Waals surface area contributed by atoms with Crippen LogP contribution in [0.2, 0.25) is 10.0 Å². The molecule has 0 aliphatic heterocycles. The number of hydrogen-bond donors (Lipinski definition) is 1. The number of hydrogen-bond acceptors (Lipinski definition) is 4. The normalized spacial score (nSPS) is 12.1. The van der Waals surface area contributed by atoms with Crippen molar-refractivity contribution in [3.05, 3.63) is 79.6 Å². The van der Waals surface area contributed by atoms with Gasteiger partial charge in [-0.2, -0.15) is 5.26 Å². The maximum atomic E-state index is 11.7. The number of rotatable bonds is 3. The van der Waals surface area contributed by atoms with Crippen LogP contribution in [0.4, 0.5) is 0 Å². The van der Waals surface area contributed by atoms with E-state index in [0.29, 0.717) is 37.7 Å². The molecule has 120 valence electrons. The molecule has 4 nitrogen and oxygen atoms in total. The topological polar surface area (TPSA) is 74.2 Å². The Hall–Kier alpha value is -2.32. The molecule has 3 aromatic rings. The first kappa shape index (κ1) is 16.5. The van der Waals surface area contributed by atoms with Crippen molar-refractivity contribution in [3.8, 4) is 6.07 Å². The van der Waals surface area contributed by atoms with Gasteiger partial charge in [-0.1, -0.05) is 29.3 Å². The lowest BCUT2D eigenvalue weighted by molar-refractivity contribution is 0.179. The molecule has 0 saturated heterocycles. The van der Waals surface area contributed by atoms with Gasteiger partial charge in [-0.05, 0) is 41.5 Å². The molecule has 1 heterocycles. The molecule has 0 saturated carbocycles. The van der Waals surface area contributed by atoms with E-state index in [1.807, 2.05) is 6.07 Å². The fourth-order valence-corrected chi connectivity index (χ4v) is 3.09. The van der Waals surface area contributed by atoms with E-state index in [1.165, 1.54) is 6.07 Å². The summed E-state index contributed by atoms with van der Waals surface area (Å²) in [6.07, 6.45) is -0.774. The lowest BCUT2D eigenvalue weighted by Gasteiger charge is -2.14. The van der Waals surface area contributed by atoms with Gasteiger partial charge in [0.25, 0.3) is 0 Å². The van der Waals surface area contributed by atoms with Crippen molar-refractivity contribution in [1.82, 2.24) is 0 Å². The largest absolute Gasteiger partial charge is 0.423 e. The summed E-state index contributed by atoms with van der Waals surface area (Å²) < 4.78 is 5.14. The van der Waals surface area contributed by atoms with Crippen LogP contribution in [0.5, 0.6) is 0 Å². The highest BCUT2D eigenvalue weighted by atomic mass is 35.5. The second kappa shape index (κ2) is 6.66. The molecule has 0 aliphatic rings. The predicted molar refractivity (Wildman–Crippen MR) is 92.3 cm³/mol. The van der Waals surface area contributed by atoms with E-state index < -0.39 is 11.7 Å². The van der Waals surface area contributed by atoms with E-state index in [4.69, 9.17) is 32.9 Å². The molecule has 1 aromatic heterocycles. The predicted octanol–water partition coefficient (Wildman–Crippen LogP) is 4.25. The maximum absolute atomic E-state index is 11.7. The Morgan fingerprint density at radius 3 is 2.67 bits per heavy atom. The number of halogens is 2. The standard InChI is InChI=1S/C18H11Cl2NO3/c19-12-2-3-13(15(20)8-12)16(22)6-11-7-18(23)24-17-4-1-10(9-21)5-14(11)17/h1-5,7-8,16,22H,6H2. The SMILES string of the molecule is N#Cc1ccc2oc(=O)cc(CC(O)c3ccc(Cl)cc3Cl)c2c1. The Kier molecular flexibility index (Phi) is 4.59. The number of nitriles is 1. The van der Waals surface area contributed by atoms with Gasteiger partial charge in [0.05, 0.1) is 17.7 Å². The number of aliphatic hydroxyl groups is 1. The lowest BCUT2D eigenvalue weighted by atomic mass is 9.98. The van der Waals surface area contributed by atoms with Crippen LogP contribution in [0.15, 0.2) is 51.7 Å². The third-order valence-electron chi connectivity index (χ3n) is 3.69. The van der Waals surface area contributed by atoms with Crippen molar-refractivity contribution in [2.24, 2.45) is 0 Å². The summed E-state index contributed by atoms with van der Waals surface area (Å²) in [6.45, 7) is 0. The Morgan fingerprint density at radius 2 is 1.96 bits per heavy atom. The van der Waals surface area contributed by atoms with Crippen LogP contribution in [0.25, 0.3) is 11.0 Å². The van der Waals surface area contributed by atoms with Crippen molar-refractivity contribution in [2.75, 3.05) is 0 Å². The first-order valence-electron chi connectivity index (χ1n) is 7.08. The van der Waals surface area contributed by atoms with Gasteiger partial charge in [0.2, 0.25) is 0 Å². The maximum Gasteiger partial charge on any atom is 0.336 e. The second-order valence-corrected chi connectivity index (χ2v) is 6.14. The highest BCUT2D eigenvalue weighted by molar-refractivity contribution is 6.35. The fraction of sp³-hybridized carbons (Fsp3) is 0.111. The summed E-state index contributed by atoms with van der Waals surface area (Å²) in [7, 11) is 0. The second-order valence-electron chi connectivity index (χ2n) is 5.30. The molecule has 24 heavy (non-hydrogen) atoms. The van der Waals surface area contributed by atoms with Crippen LogP contribution >= 0.6 is 23.2 Å². The zero-order chi connectivity index (χ0) is 17.3. The summed E-state index contributed by atoms with van der Waals surface area (Å²) >= 11 is 12.0. The van der Waals surface area contributed by atoms with Crippen molar-refractivity contribution in [3.63, 3.8) is 0 Å². The van der Waals surface area contributed by atoms with Crippen molar-refractivity contribution in [1.29, 1.82) is 5.26 Å². The van der Waals surface area contributed by atoms with Gasteiger partial charge in [-0.3, -0.25) is 0 Å². The highest BCUT2D eigenvalue weighted by Gasteiger charge is 2.16. The molecule has 1 unspecified atom stereocenters. The lowest BCUT2D eigenvalue weighted by Crippen LogP contribution is -2.07. The zero-order valence-corrected chi connectivity index (χ0v) is 13.8. The van der Waals surface area contributed by atoms with Crippen molar-refractivity contribution >= 4 is 34.2 Å². The smallest absolute Gasteiger partial charge is 0.336 e. The van der Waals surface area contributed by atoms with Gasteiger partial charge >= 0.3 is 5.63 Å². The summed E-state index contributed by atoms with van der Waals surface area (Å²) in [4.78, 5) is 11.7. The molecule has 0 fully saturated rings. The Balaban J connectivity index is 2.05. The van der Waals surface area contributed by atoms with Gasteiger partial charge < -0.3 is 9.52 Å². The Morgan fingerprint density at radius 1 is 1.17 bits per heavy atom. The average Bonchev–Trinajstić information content (AvgIpc) is 2.54. The molecule has 0 aliphatic carbocycles. The van der Waals surface area contributed by atoms with Gasteiger partial charge in [0.1, 0.15) is 5.58 Å². The van der Waals surface area contributed by atoms with E-state index >= 15 is 0 Å². The van der Waals surface area contributed by atoms with Crippen LogP contribution in [-0.4, -0.2) is 5.11 Å². The molecular weight excluding hydrogens is 349 g/mol. The quantitative estimate of drug-likeness (QED) is 0.709. The summed E-state index contributed by atoms with van der Waals surface area (Å²) in [5.74, 6) is 0. The molecule has 0 radical (unpaired) electrons. The number of aliphatic hydroxyl groups excluding tert-OH is 1. The van der Waals surface area contributed by atoms with Crippen LogP contribution in [0, 0.1) is 11.3 Å². The third kappa shape index (κ3) is 3.29. The first-order chi connectivity index (χ1) is 11.5. The number of nitrogens with zero attached hydrogens (tertiary/aromatic N) is 1. The third-order valence-corrected chi connectivity index (χ3v) is 4.25. The van der Waals surface area contributed by atoms with E-state index in [-0.39, 0.29) is 6.42 Å². The molecule has 6 heteroatoms. The van der Waals surface area contributed by atoms with E-state index in [2.05, 4.69) is 0 Å². The van der Waals surface area contributed by atoms with E-state index in [1.54, 1.807) is 36.4 Å². The molecule has 2 aromatic carbocycles. The van der Waals surface area contributed by atoms with Gasteiger partial charge in [-0.25, -0.2) is 4.79 Å². The first-order valence-corrected chi connectivity index (χ1v) is 7.83. The van der Waals surface area contributed by atoms with Crippen LogP contribution < -0.4 is 5.63 Å². The van der Waals surface area contributed by atoms with E-state index in [0.717, 1.165) is 0 Å². The minimum atomic E-state index is -0.925. The monoisotopic (exact) mass is 359 g/mol. The van der Waals surface area contributed by atoms with Crippen LogP contribution in [0.3, 0.4) is 0 Å². The van der Waals surface area contributed by atoms with Gasteiger partial charge in [-0.15, -0.1) is 0 Å². The van der Waals surface area contributed by atoms with Crippen molar-refractivity contribution in [2.45, 2.75) is 12.5 Å². The van der Waals surface area contributed by atoms with Gasteiger partial charge in [0, 0.05) is 27.9 Å².